The molecule has 3 rings (SSSR count). The molecule has 7 nitrogen and oxygen atoms in total. The number of piperidine rings is 1. The fourth-order valence-electron chi connectivity index (χ4n) is 3.97. The van der Waals surface area contributed by atoms with E-state index in [0.717, 1.165) is 31.1 Å². The molecule has 4 N–H and O–H groups in total. The fraction of sp³-hybridized carbons (Fsp3) is 0.385. The van der Waals surface area contributed by atoms with Crippen LogP contribution in [0.1, 0.15) is 37.0 Å². The molecular weight excluding hydrogens is 422 g/mol. The number of phenolic OH excluding ortho intramolecular Hbond substituents is 1. The van der Waals surface area contributed by atoms with Gasteiger partial charge in [-0.1, -0.05) is 49.4 Å². The molecule has 2 aromatic rings. The Bertz CT molecular complexity index is 873. The van der Waals surface area contributed by atoms with E-state index in [1.54, 1.807) is 12.1 Å². The van der Waals surface area contributed by atoms with Crippen molar-refractivity contribution in [1.29, 1.82) is 0 Å². The molecule has 0 radical (unpaired) electrons. The highest BCUT2D eigenvalue weighted by Gasteiger charge is 2.24. The molecule has 2 aromatic carbocycles. The molecule has 2 atom stereocenters. The third-order valence-corrected chi connectivity index (χ3v) is 5.76. The van der Waals surface area contributed by atoms with Crippen LogP contribution >= 0.6 is 0 Å². The van der Waals surface area contributed by atoms with E-state index in [1.165, 1.54) is 24.8 Å². The third-order valence-electron chi connectivity index (χ3n) is 5.76. The maximum Gasteiger partial charge on any atom is 0.328 e. The van der Waals surface area contributed by atoms with Gasteiger partial charge in [-0.05, 0) is 67.4 Å². The molecule has 0 spiro atoms. The summed E-state index contributed by atoms with van der Waals surface area (Å²) in [4.78, 5) is 21.6. The summed E-state index contributed by atoms with van der Waals surface area (Å²) < 4.78 is 0. The molecule has 0 amide bonds. The van der Waals surface area contributed by atoms with Crippen molar-refractivity contribution in [3.8, 4) is 5.75 Å². The molecule has 1 aliphatic rings. The lowest BCUT2D eigenvalue weighted by atomic mass is 9.89. The number of carbonyl (C=O) groups is 2. The average molecular weight is 456 g/mol. The third kappa shape index (κ3) is 9.89. The molecule has 0 bridgehead atoms. The van der Waals surface area contributed by atoms with Crippen LogP contribution in [0.15, 0.2) is 66.7 Å². The standard InChI is InChI=1S/C22H29NO2.C4H4O4/c1-17(22(25)20-7-9-21(24)10-8-20)16-23-13-11-19(12-14-23)15-18-5-3-2-4-6-18;5-3(6)1-2-4(7)8/h2-10,17,19,22,24-25H,11-16H2,1H3;1-2H,(H,5,6)(H,7,8). The van der Waals surface area contributed by atoms with Gasteiger partial charge in [-0.15, -0.1) is 0 Å². The highest BCUT2D eigenvalue weighted by Crippen LogP contribution is 2.27. The number of aromatic hydroxyl groups is 1. The van der Waals surface area contributed by atoms with Crippen molar-refractivity contribution in [2.45, 2.75) is 32.3 Å². The number of benzene rings is 2. The van der Waals surface area contributed by atoms with Gasteiger partial charge < -0.3 is 25.3 Å². The topological polar surface area (TPSA) is 118 Å². The second kappa shape index (κ2) is 13.4. The Kier molecular flexibility index (Phi) is 10.6. The number of aliphatic hydroxyl groups excluding tert-OH is 1. The average Bonchev–Trinajstić information content (AvgIpc) is 2.80. The summed E-state index contributed by atoms with van der Waals surface area (Å²) in [5.74, 6) is -1.32. The minimum Gasteiger partial charge on any atom is -0.508 e. The quantitative estimate of drug-likeness (QED) is 0.448. The number of phenols is 1. The zero-order valence-corrected chi connectivity index (χ0v) is 18.9. The first-order valence-corrected chi connectivity index (χ1v) is 11.1. The summed E-state index contributed by atoms with van der Waals surface area (Å²) in [5, 5.41) is 35.6. The van der Waals surface area contributed by atoms with Gasteiger partial charge in [0, 0.05) is 18.7 Å². The second-order valence-electron chi connectivity index (χ2n) is 8.46. The van der Waals surface area contributed by atoms with Crippen molar-refractivity contribution in [2.24, 2.45) is 11.8 Å². The maximum absolute atomic E-state index is 10.5. The summed E-state index contributed by atoms with van der Waals surface area (Å²) in [7, 11) is 0. The largest absolute Gasteiger partial charge is 0.508 e. The van der Waals surface area contributed by atoms with Crippen LogP contribution in [0.5, 0.6) is 5.75 Å². The fourth-order valence-corrected chi connectivity index (χ4v) is 3.97. The minimum absolute atomic E-state index is 0.176. The van der Waals surface area contributed by atoms with E-state index in [9.17, 15) is 19.8 Å². The first kappa shape index (κ1) is 26.1. The molecule has 1 heterocycles. The number of aliphatic hydroxyl groups is 1. The first-order valence-electron chi connectivity index (χ1n) is 11.1. The lowest BCUT2D eigenvalue weighted by molar-refractivity contribution is -0.134. The number of aliphatic carboxylic acids is 2. The van der Waals surface area contributed by atoms with Crippen molar-refractivity contribution in [2.75, 3.05) is 19.6 Å². The van der Waals surface area contributed by atoms with Crippen molar-refractivity contribution in [3.63, 3.8) is 0 Å². The Morgan fingerprint density at radius 2 is 1.52 bits per heavy atom. The number of hydrogen-bond donors (Lipinski definition) is 4. The van der Waals surface area contributed by atoms with E-state index >= 15 is 0 Å². The van der Waals surface area contributed by atoms with Crippen molar-refractivity contribution in [1.82, 2.24) is 4.90 Å². The summed E-state index contributed by atoms with van der Waals surface area (Å²) >= 11 is 0. The smallest absolute Gasteiger partial charge is 0.328 e. The molecule has 0 aliphatic carbocycles. The van der Waals surface area contributed by atoms with Crippen molar-refractivity contribution < 1.29 is 30.0 Å². The summed E-state index contributed by atoms with van der Waals surface area (Å²) in [6, 6.07) is 17.7. The van der Waals surface area contributed by atoms with Gasteiger partial charge in [-0.3, -0.25) is 0 Å². The monoisotopic (exact) mass is 455 g/mol. The van der Waals surface area contributed by atoms with Crippen molar-refractivity contribution >= 4 is 11.9 Å². The van der Waals surface area contributed by atoms with Crippen LogP contribution < -0.4 is 0 Å². The van der Waals surface area contributed by atoms with Crippen LogP contribution in [0.4, 0.5) is 0 Å². The number of rotatable bonds is 8. The van der Waals surface area contributed by atoms with Gasteiger partial charge in [0.15, 0.2) is 0 Å². The Balaban J connectivity index is 0.000000414. The molecule has 33 heavy (non-hydrogen) atoms. The zero-order valence-electron chi connectivity index (χ0n) is 18.9. The number of hydrogen-bond acceptors (Lipinski definition) is 5. The number of carboxylic acid groups (broad SMARTS) is 2. The first-order chi connectivity index (χ1) is 15.7. The van der Waals surface area contributed by atoms with Crippen LogP contribution in [0.2, 0.25) is 0 Å². The summed E-state index contributed by atoms with van der Waals surface area (Å²) in [6.07, 6.45) is 4.28. The highest BCUT2D eigenvalue weighted by molar-refractivity contribution is 5.89. The van der Waals surface area contributed by atoms with Gasteiger partial charge >= 0.3 is 11.9 Å². The number of carboxylic acids is 2. The van der Waals surface area contributed by atoms with Gasteiger partial charge in [0.25, 0.3) is 0 Å². The van der Waals surface area contributed by atoms with Crippen LogP contribution in [0, 0.1) is 11.8 Å². The van der Waals surface area contributed by atoms with Gasteiger partial charge in [0.1, 0.15) is 5.75 Å². The number of nitrogens with zero attached hydrogens (tertiary/aromatic N) is 1. The van der Waals surface area contributed by atoms with Gasteiger partial charge in [0.2, 0.25) is 0 Å². The number of likely N-dealkylation sites (tertiary alicyclic amines) is 1. The minimum atomic E-state index is -1.26. The summed E-state index contributed by atoms with van der Waals surface area (Å²) in [5.41, 5.74) is 2.32. The van der Waals surface area contributed by atoms with E-state index in [2.05, 4.69) is 42.2 Å². The zero-order chi connectivity index (χ0) is 24.2. The van der Waals surface area contributed by atoms with Crippen molar-refractivity contribution in [3.05, 3.63) is 77.9 Å². The summed E-state index contributed by atoms with van der Waals surface area (Å²) in [6.45, 7) is 5.25. The molecule has 1 fully saturated rings. The lowest BCUT2D eigenvalue weighted by Gasteiger charge is -2.34. The molecule has 0 aromatic heterocycles. The predicted molar refractivity (Wildman–Crippen MR) is 126 cm³/mol. The maximum atomic E-state index is 10.5. The van der Waals surface area contributed by atoms with E-state index in [1.807, 2.05) is 12.1 Å². The van der Waals surface area contributed by atoms with Crippen LogP contribution in [0.3, 0.4) is 0 Å². The molecule has 1 aliphatic heterocycles. The van der Waals surface area contributed by atoms with E-state index in [0.29, 0.717) is 12.2 Å². The molecule has 1 saturated heterocycles. The second-order valence-corrected chi connectivity index (χ2v) is 8.46. The van der Waals surface area contributed by atoms with Gasteiger partial charge in [-0.25, -0.2) is 9.59 Å². The Labute approximate surface area is 194 Å². The van der Waals surface area contributed by atoms with E-state index in [-0.39, 0.29) is 11.7 Å². The van der Waals surface area contributed by atoms with E-state index < -0.39 is 18.0 Å². The van der Waals surface area contributed by atoms with Gasteiger partial charge in [0.05, 0.1) is 6.10 Å². The lowest BCUT2D eigenvalue weighted by Crippen LogP contribution is -2.38. The molecule has 178 valence electrons. The van der Waals surface area contributed by atoms with Crippen LogP contribution in [-0.2, 0) is 16.0 Å². The molecule has 2 unspecified atom stereocenters. The molecule has 7 heteroatoms. The predicted octanol–water partition coefficient (Wildman–Crippen LogP) is 3.73. The Morgan fingerprint density at radius 3 is 2.03 bits per heavy atom. The van der Waals surface area contributed by atoms with Crippen LogP contribution in [-0.4, -0.2) is 56.9 Å². The molecule has 0 saturated carbocycles. The van der Waals surface area contributed by atoms with Gasteiger partial charge in [-0.2, -0.15) is 0 Å². The molecular formula is C26H33NO6. The highest BCUT2D eigenvalue weighted by atomic mass is 16.4. The van der Waals surface area contributed by atoms with E-state index in [4.69, 9.17) is 10.2 Å². The SMILES string of the molecule is CC(CN1CCC(Cc2ccccc2)CC1)C(O)c1ccc(O)cc1.O=C(O)C=CC(=O)O. The normalized spacial score (nSPS) is 16.5. The Hall–Kier alpha value is -3.16. The Morgan fingerprint density at radius 1 is 0.970 bits per heavy atom. The van der Waals surface area contributed by atoms with Crippen LogP contribution in [0.25, 0.3) is 0 Å².